The lowest BCUT2D eigenvalue weighted by Crippen LogP contribution is -1.80. The molecule has 0 aliphatic carbocycles. The van der Waals surface area contributed by atoms with Gasteiger partial charge in [0.05, 0.1) is 11.6 Å². The Morgan fingerprint density at radius 2 is 1.00 bits per heavy atom. The maximum atomic E-state index is 8.98. The highest BCUT2D eigenvalue weighted by atomic mass is 16.4. The Labute approximate surface area is 197 Å². The Bertz CT molecular complexity index is 1820. The van der Waals surface area contributed by atoms with Crippen molar-refractivity contribution in [2.75, 3.05) is 0 Å². The van der Waals surface area contributed by atoms with Gasteiger partial charge < -0.3 is 13.3 Å². The van der Waals surface area contributed by atoms with Crippen molar-refractivity contribution in [3.05, 3.63) is 90.5 Å². The van der Waals surface area contributed by atoms with E-state index in [9.17, 15) is 0 Å². The molecular formula is C28H14N4O3. The second-order valence-corrected chi connectivity index (χ2v) is 8.08. The summed E-state index contributed by atoms with van der Waals surface area (Å²) < 4.78 is 17.8. The highest BCUT2D eigenvalue weighted by molar-refractivity contribution is 5.91. The Balaban J connectivity index is 1.21. The van der Waals surface area contributed by atoms with Crippen molar-refractivity contribution in [3.8, 4) is 40.4 Å². The van der Waals surface area contributed by atoms with Crippen LogP contribution in [0.2, 0.25) is 0 Å². The third-order valence-electron chi connectivity index (χ3n) is 5.83. The van der Waals surface area contributed by atoms with Gasteiger partial charge in [-0.15, -0.1) is 0 Å². The van der Waals surface area contributed by atoms with Gasteiger partial charge in [0, 0.05) is 22.8 Å². The summed E-state index contributed by atoms with van der Waals surface area (Å²) in [5.74, 6) is 1.55. The summed E-state index contributed by atoms with van der Waals surface area (Å²) in [5, 5.41) is 8.98. The highest BCUT2D eigenvalue weighted by Gasteiger charge is 2.15. The largest absolute Gasteiger partial charge is 0.436 e. The fourth-order valence-corrected chi connectivity index (χ4v) is 4.04. The molecule has 3 aromatic heterocycles. The molecule has 4 aromatic carbocycles. The second kappa shape index (κ2) is 7.40. The monoisotopic (exact) mass is 454 g/mol. The van der Waals surface area contributed by atoms with Crippen LogP contribution in [0.3, 0.4) is 0 Å². The van der Waals surface area contributed by atoms with Crippen LogP contribution in [0, 0.1) is 11.3 Å². The van der Waals surface area contributed by atoms with E-state index in [2.05, 4.69) is 21.0 Å². The van der Waals surface area contributed by atoms with E-state index < -0.39 is 0 Å². The van der Waals surface area contributed by atoms with Crippen molar-refractivity contribution in [1.29, 1.82) is 5.26 Å². The molecule has 3 heterocycles. The zero-order valence-electron chi connectivity index (χ0n) is 18.1. The number of hydrogen-bond donors (Lipinski definition) is 0. The van der Waals surface area contributed by atoms with Gasteiger partial charge in [-0.25, -0.2) is 15.0 Å². The van der Waals surface area contributed by atoms with Crippen molar-refractivity contribution in [2.45, 2.75) is 0 Å². The molecule has 0 unspecified atom stereocenters. The summed E-state index contributed by atoms with van der Waals surface area (Å²) >= 11 is 0. The standard InChI is InChI=1S/C28H14N4O3/c29-15-16-5-7-17(8-6-16)27-31-21-13-22-25(14-24(21)34-27)35-28(32-22)19-11-9-18(10-12-19)26-30-20-3-1-2-4-23(20)33-26/h1-14H. The van der Waals surface area contributed by atoms with Crippen molar-refractivity contribution >= 4 is 33.3 Å². The van der Waals surface area contributed by atoms with Gasteiger partial charge in [-0.2, -0.15) is 5.26 Å². The highest BCUT2D eigenvalue weighted by Crippen LogP contribution is 2.32. The fraction of sp³-hybridized carbons (Fsp3) is 0. The molecule has 0 N–H and O–H groups in total. The molecule has 0 atom stereocenters. The molecular weight excluding hydrogens is 440 g/mol. The summed E-state index contributed by atoms with van der Waals surface area (Å²) in [7, 11) is 0. The zero-order chi connectivity index (χ0) is 23.4. The van der Waals surface area contributed by atoms with E-state index >= 15 is 0 Å². The number of hydrogen-bond acceptors (Lipinski definition) is 7. The quantitative estimate of drug-likeness (QED) is 0.284. The smallest absolute Gasteiger partial charge is 0.227 e. The predicted molar refractivity (Wildman–Crippen MR) is 130 cm³/mol. The van der Waals surface area contributed by atoms with Gasteiger partial charge in [0.1, 0.15) is 16.6 Å². The number of benzene rings is 4. The minimum atomic E-state index is 0.479. The van der Waals surface area contributed by atoms with E-state index in [1.54, 1.807) is 18.2 Å². The average Bonchev–Trinajstić information content (AvgIpc) is 3.63. The number of rotatable bonds is 3. The minimum absolute atomic E-state index is 0.479. The van der Waals surface area contributed by atoms with Gasteiger partial charge in [-0.3, -0.25) is 0 Å². The van der Waals surface area contributed by atoms with Crippen LogP contribution in [-0.4, -0.2) is 15.0 Å². The minimum Gasteiger partial charge on any atom is -0.436 e. The summed E-state index contributed by atoms with van der Waals surface area (Å²) in [6.07, 6.45) is 0. The van der Waals surface area contributed by atoms with Crippen LogP contribution in [-0.2, 0) is 0 Å². The summed E-state index contributed by atoms with van der Waals surface area (Å²) in [4.78, 5) is 13.8. The molecule has 0 saturated carbocycles. The lowest BCUT2D eigenvalue weighted by molar-refractivity contribution is 0.609. The van der Waals surface area contributed by atoms with Crippen LogP contribution in [0.15, 0.2) is 98.2 Å². The molecule has 0 aliphatic heterocycles. The first-order chi connectivity index (χ1) is 17.2. The molecule has 164 valence electrons. The van der Waals surface area contributed by atoms with Crippen LogP contribution < -0.4 is 0 Å². The van der Waals surface area contributed by atoms with E-state index in [0.717, 1.165) is 27.8 Å². The molecule has 0 spiro atoms. The van der Waals surface area contributed by atoms with Crippen LogP contribution >= 0.6 is 0 Å². The summed E-state index contributed by atoms with van der Waals surface area (Å²) in [6, 6.07) is 28.3. The molecule has 0 saturated heterocycles. The first-order valence-corrected chi connectivity index (χ1v) is 10.9. The van der Waals surface area contributed by atoms with Crippen molar-refractivity contribution in [1.82, 2.24) is 15.0 Å². The van der Waals surface area contributed by atoms with Gasteiger partial charge in [0.15, 0.2) is 16.7 Å². The van der Waals surface area contributed by atoms with Gasteiger partial charge in [0.25, 0.3) is 0 Å². The van der Waals surface area contributed by atoms with Gasteiger partial charge >= 0.3 is 0 Å². The van der Waals surface area contributed by atoms with Gasteiger partial charge in [-0.05, 0) is 66.7 Å². The van der Waals surface area contributed by atoms with Crippen LogP contribution in [0.4, 0.5) is 0 Å². The number of nitriles is 1. The topological polar surface area (TPSA) is 102 Å². The molecule has 7 aromatic rings. The second-order valence-electron chi connectivity index (χ2n) is 8.08. The molecule has 35 heavy (non-hydrogen) atoms. The van der Waals surface area contributed by atoms with E-state index in [1.807, 2.05) is 66.7 Å². The molecule has 7 rings (SSSR count). The van der Waals surface area contributed by atoms with E-state index in [1.165, 1.54) is 0 Å². The van der Waals surface area contributed by atoms with Crippen LogP contribution in [0.5, 0.6) is 0 Å². The van der Waals surface area contributed by atoms with Crippen molar-refractivity contribution in [2.24, 2.45) is 0 Å². The molecule has 0 amide bonds. The normalized spacial score (nSPS) is 11.4. The number of fused-ring (bicyclic) bond motifs is 3. The number of para-hydroxylation sites is 2. The molecule has 0 aliphatic rings. The Morgan fingerprint density at radius 3 is 1.54 bits per heavy atom. The number of oxazole rings is 3. The third kappa shape index (κ3) is 3.24. The lowest BCUT2D eigenvalue weighted by Gasteiger charge is -1.97. The maximum Gasteiger partial charge on any atom is 0.227 e. The van der Waals surface area contributed by atoms with Crippen LogP contribution in [0.1, 0.15) is 5.56 Å². The number of aromatic nitrogens is 3. The first-order valence-electron chi connectivity index (χ1n) is 10.9. The predicted octanol–water partition coefficient (Wildman–Crippen LogP) is 6.98. The molecule has 7 nitrogen and oxygen atoms in total. The fourth-order valence-electron chi connectivity index (χ4n) is 4.04. The molecule has 0 bridgehead atoms. The van der Waals surface area contributed by atoms with Crippen molar-refractivity contribution < 1.29 is 13.3 Å². The SMILES string of the molecule is N#Cc1ccc(-c2nc3cc4nc(-c5ccc(-c6nc7ccccc7o6)cc5)oc4cc3o2)cc1. The van der Waals surface area contributed by atoms with Gasteiger partial charge in [0.2, 0.25) is 17.7 Å². The Hall–Kier alpha value is -5.22. The maximum absolute atomic E-state index is 8.98. The van der Waals surface area contributed by atoms with Crippen molar-refractivity contribution in [3.63, 3.8) is 0 Å². The van der Waals surface area contributed by atoms with Crippen LogP contribution in [0.25, 0.3) is 67.7 Å². The lowest BCUT2D eigenvalue weighted by atomic mass is 10.1. The van der Waals surface area contributed by atoms with E-state index in [0.29, 0.717) is 45.4 Å². The summed E-state index contributed by atoms with van der Waals surface area (Å²) in [6.45, 7) is 0. The van der Waals surface area contributed by atoms with Gasteiger partial charge in [-0.1, -0.05) is 12.1 Å². The van der Waals surface area contributed by atoms with E-state index in [4.69, 9.17) is 18.5 Å². The average molecular weight is 454 g/mol. The Morgan fingerprint density at radius 1 is 0.514 bits per heavy atom. The van der Waals surface area contributed by atoms with E-state index in [-0.39, 0.29) is 0 Å². The Kier molecular flexibility index (Phi) is 4.07. The molecule has 0 radical (unpaired) electrons. The zero-order valence-corrected chi connectivity index (χ0v) is 18.1. The molecule has 0 fully saturated rings. The molecule has 7 heteroatoms. The first kappa shape index (κ1) is 19.3. The number of nitrogens with zero attached hydrogens (tertiary/aromatic N) is 4. The third-order valence-corrected chi connectivity index (χ3v) is 5.83. The summed E-state index contributed by atoms with van der Waals surface area (Å²) in [5.41, 5.74) is 7.26.